The molecule has 0 spiro atoms. The third-order valence-electron chi connectivity index (χ3n) is 4.38. The third kappa shape index (κ3) is 3.96. The van der Waals surface area contributed by atoms with Crippen LogP contribution in [0.1, 0.15) is 31.2 Å². The van der Waals surface area contributed by atoms with Crippen LogP contribution in [-0.4, -0.2) is 22.8 Å². The first kappa shape index (κ1) is 17.0. The van der Waals surface area contributed by atoms with Crippen molar-refractivity contribution in [1.29, 1.82) is 0 Å². The Morgan fingerprint density at radius 1 is 1.20 bits per heavy atom. The highest BCUT2D eigenvalue weighted by molar-refractivity contribution is 6.44. The molecule has 0 aliphatic heterocycles. The largest absolute Gasteiger partial charge is 0.399 e. The highest BCUT2D eigenvalue weighted by Gasteiger charge is 2.32. The molecule has 1 aromatic carbocycles. The van der Waals surface area contributed by atoms with Crippen LogP contribution in [0, 0.1) is 6.92 Å². The van der Waals surface area contributed by atoms with Gasteiger partial charge in [0.25, 0.3) is 0 Å². The van der Waals surface area contributed by atoms with E-state index in [4.69, 9.17) is 5.73 Å². The maximum atomic E-state index is 12.9. The first-order valence-corrected chi connectivity index (χ1v) is 8.46. The molecule has 0 bridgehead atoms. The zero-order valence-electron chi connectivity index (χ0n) is 14.2. The van der Waals surface area contributed by atoms with Crippen LogP contribution in [0.4, 0.5) is 17.1 Å². The van der Waals surface area contributed by atoms with E-state index in [1.807, 2.05) is 13.0 Å². The molecule has 2 amide bonds. The van der Waals surface area contributed by atoms with Gasteiger partial charge in [-0.2, -0.15) is 0 Å². The average Bonchev–Trinajstić information content (AvgIpc) is 3.09. The molecular formula is C19H22N4O2. The lowest BCUT2D eigenvalue weighted by Crippen LogP contribution is -2.45. The van der Waals surface area contributed by atoms with Crippen LogP contribution in [0.5, 0.6) is 0 Å². The highest BCUT2D eigenvalue weighted by atomic mass is 16.2. The van der Waals surface area contributed by atoms with Crippen LogP contribution >= 0.6 is 0 Å². The molecule has 25 heavy (non-hydrogen) atoms. The molecule has 6 nitrogen and oxygen atoms in total. The van der Waals surface area contributed by atoms with Gasteiger partial charge < -0.3 is 16.0 Å². The van der Waals surface area contributed by atoms with Crippen LogP contribution in [0.15, 0.2) is 42.7 Å². The summed E-state index contributed by atoms with van der Waals surface area (Å²) in [6.07, 6.45) is 7.10. The van der Waals surface area contributed by atoms with Crippen LogP contribution < -0.4 is 16.0 Å². The van der Waals surface area contributed by atoms with E-state index in [0.29, 0.717) is 17.1 Å². The minimum atomic E-state index is -0.665. The summed E-state index contributed by atoms with van der Waals surface area (Å²) in [5, 5.41) is 2.65. The van der Waals surface area contributed by atoms with E-state index < -0.39 is 11.8 Å². The number of benzene rings is 1. The molecule has 6 heteroatoms. The van der Waals surface area contributed by atoms with Crippen molar-refractivity contribution in [2.45, 2.75) is 38.6 Å². The van der Waals surface area contributed by atoms with Crippen LogP contribution in [0.3, 0.4) is 0 Å². The number of aryl methyl sites for hydroxylation is 1. The Kier molecular flexibility index (Phi) is 4.97. The van der Waals surface area contributed by atoms with Gasteiger partial charge in [-0.15, -0.1) is 0 Å². The van der Waals surface area contributed by atoms with E-state index in [9.17, 15) is 9.59 Å². The number of nitrogens with one attached hydrogen (secondary N) is 1. The first-order chi connectivity index (χ1) is 12.0. The van der Waals surface area contributed by atoms with Crippen LogP contribution in [0.2, 0.25) is 0 Å². The summed E-state index contributed by atoms with van der Waals surface area (Å²) < 4.78 is 0. The number of carbonyl (C=O) groups is 2. The van der Waals surface area contributed by atoms with Crippen molar-refractivity contribution in [3.63, 3.8) is 0 Å². The van der Waals surface area contributed by atoms with E-state index in [2.05, 4.69) is 10.3 Å². The number of amides is 2. The molecule has 1 aliphatic carbocycles. The molecule has 3 N–H and O–H groups in total. The number of pyridine rings is 1. The number of aromatic nitrogens is 1. The van der Waals surface area contributed by atoms with Gasteiger partial charge in [0.15, 0.2) is 0 Å². The van der Waals surface area contributed by atoms with Crippen molar-refractivity contribution in [2.75, 3.05) is 16.0 Å². The van der Waals surface area contributed by atoms with E-state index in [1.165, 1.54) is 6.20 Å². The molecule has 0 unspecified atom stereocenters. The fraction of sp³-hybridized carbons (Fsp3) is 0.316. The maximum absolute atomic E-state index is 12.9. The molecule has 1 aliphatic rings. The van der Waals surface area contributed by atoms with E-state index in [0.717, 1.165) is 31.2 Å². The second-order valence-electron chi connectivity index (χ2n) is 6.41. The maximum Gasteiger partial charge on any atom is 0.316 e. The number of hydrogen-bond acceptors (Lipinski definition) is 4. The number of rotatable bonds is 3. The Morgan fingerprint density at radius 3 is 2.64 bits per heavy atom. The smallest absolute Gasteiger partial charge is 0.316 e. The van der Waals surface area contributed by atoms with Crippen molar-refractivity contribution in [1.82, 2.24) is 4.98 Å². The van der Waals surface area contributed by atoms with Crippen LogP contribution in [-0.2, 0) is 9.59 Å². The second-order valence-corrected chi connectivity index (χ2v) is 6.41. The lowest BCUT2D eigenvalue weighted by atomic mass is 10.1. The molecule has 1 heterocycles. The topological polar surface area (TPSA) is 88.3 Å². The summed E-state index contributed by atoms with van der Waals surface area (Å²) in [5.74, 6) is -1.24. The van der Waals surface area contributed by atoms with Crippen molar-refractivity contribution < 1.29 is 9.59 Å². The van der Waals surface area contributed by atoms with Gasteiger partial charge in [-0.1, -0.05) is 18.9 Å². The molecule has 1 fully saturated rings. The minimum absolute atomic E-state index is 0.0238. The summed E-state index contributed by atoms with van der Waals surface area (Å²) in [6.45, 7) is 1.88. The van der Waals surface area contributed by atoms with Gasteiger partial charge in [-0.3, -0.25) is 14.6 Å². The SMILES string of the molecule is Cc1cncc(NC(=O)C(=O)N(c2cccc(N)c2)C2CCCC2)c1. The number of hydrogen-bond donors (Lipinski definition) is 2. The predicted octanol–water partition coefficient (Wildman–Crippen LogP) is 2.89. The molecule has 3 rings (SSSR count). The van der Waals surface area contributed by atoms with Gasteiger partial charge in [0, 0.05) is 23.6 Å². The lowest BCUT2D eigenvalue weighted by molar-refractivity contribution is -0.134. The molecule has 1 saturated carbocycles. The van der Waals surface area contributed by atoms with E-state index in [-0.39, 0.29) is 6.04 Å². The molecule has 0 saturated heterocycles. The number of carbonyl (C=O) groups excluding carboxylic acids is 2. The molecule has 2 aromatic rings. The number of nitrogens with two attached hydrogens (primary N) is 1. The van der Waals surface area contributed by atoms with Gasteiger partial charge in [-0.25, -0.2) is 0 Å². The first-order valence-electron chi connectivity index (χ1n) is 8.46. The Bertz CT molecular complexity index is 784. The van der Waals surface area contributed by atoms with Gasteiger partial charge in [0.2, 0.25) is 0 Å². The Morgan fingerprint density at radius 2 is 1.96 bits per heavy atom. The summed E-state index contributed by atoms with van der Waals surface area (Å²) in [7, 11) is 0. The summed E-state index contributed by atoms with van der Waals surface area (Å²) in [6, 6.07) is 8.90. The standard InChI is InChI=1S/C19H22N4O2/c1-13-9-15(12-21-11-13)22-18(24)19(25)23(16-6-2-3-7-16)17-8-4-5-14(20)10-17/h4-5,8-12,16H,2-3,6-7,20H2,1H3,(H,22,24). The van der Waals surface area contributed by atoms with Gasteiger partial charge in [0.1, 0.15) is 0 Å². The molecule has 1 aromatic heterocycles. The van der Waals surface area contributed by atoms with Gasteiger partial charge in [0.05, 0.1) is 11.9 Å². The average molecular weight is 338 g/mol. The zero-order valence-corrected chi connectivity index (χ0v) is 14.2. The number of nitrogens with zero attached hydrogens (tertiary/aromatic N) is 2. The summed E-state index contributed by atoms with van der Waals surface area (Å²) >= 11 is 0. The lowest BCUT2D eigenvalue weighted by Gasteiger charge is -2.28. The minimum Gasteiger partial charge on any atom is -0.399 e. The van der Waals surface area contributed by atoms with Gasteiger partial charge in [-0.05, 0) is 49.6 Å². The summed E-state index contributed by atoms with van der Waals surface area (Å²) in [4.78, 5) is 31.0. The third-order valence-corrected chi connectivity index (χ3v) is 4.38. The highest BCUT2D eigenvalue weighted by Crippen LogP contribution is 2.29. The summed E-state index contributed by atoms with van der Waals surface area (Å²) in [5.41, 5.74) is 8.51. The molecule has 130 valence electrons. The van der Waals surface area contributed by atoms with Crippen molar-refractivity contribution in [3.05, 3.63) is 48.3 Å². The van der Waals surface area contributed by atoms with Crippen LogP contribution in [0.25, 0.3) is 0 Å². The normalized spacial score (nSPS) is 14.3. The fourth-order valence-electron chi connectivity index (χ4n) is 3.25. The molecular weight excluding hydrogens is 316 g/mol. The zero-order chi connectivity index (χ0) is 17.8. The Labute approximate surface area is 147 Å². The van der Waals surface area contributed by atoms with E-state index >= 15 is 0 Å². The van der Waals surface area contributed by atoms with Gasteiger partial charge >= 0.3 is 11.8 Å². The molecule has 0 radical (unpaired) electrons. The number of nitrogen functional groups attached to an aromatic ring is 1. The number of anilines is 3. The van der Waals surface area contributed by atoms with E-state index in [1.54, 1.807) is 35.4 Å². The fourth-order valence-corrected chi connectivity index (χ4v) is 3.25. The monoisotopic (exact) mass is 338 g/mol. The second kappa shape index (κ2) is 7.34. The van der Waals surface area contributed by atoms with Crippen molar-refractivity contribution in [2.24, 2.45) is 0 Å². The van der Waals surface area contributed by atoms with Crippen molar-refractivity contribution >= 4 is 28.9 Å². The van der Waals surface area contributed by atoms with Crippen molar-refractivity contribution in [3.8, 4) is 0 Å². The Hall–Kier alpha value is -2.89. The molecule has 0 atom stereocenters. The predicted molar refractivity (Wildman–Crippen MR) is 98.2 cm³/mol. The Balaban J connectivity index is 1.84. The quantitative estimate of drug-likeness (QED) is 0.665.